The fourth-order valence-electron chi connectivity index (χ4n) is 9.56. The van der Waals surface area contributed by atoms with Crippen LogP contribution in [-0.4, -0.2) is 83.5 Å². The summed E-state index contributed by atoms with van der Waals surface area (Å²) in [5, 5.41) is 54.7. The molecule has 2 heterocycles. The predicted molar refractivity (Wildman–Crippen MR) is 218 cm³/mol. The van der Waals surface area contributed by atoms with Gasteiger partial charge in [0.15, 0.2) is 11.6 Å². The molecule has 11 nitrogen and oxygen atoms in total. The number of rotatable bonds is 7. The fraction of sp³-hybridized carbons (Fsp3) is 0.422. The second kappa shape index (κ2) is 13.9. The highest BCUT2D eigenvalue weighted by atomic mass is 16.5. The van der Waals surface area contributed by atoms with Gasteiger partial charge in [-0.15, -0.1) is 0 Å². The van der Waals surface area contributed by atoms with E-state index < -0.39 is 56.8 Å². The van der Waals surface area contributed by atoms with Crippen LogP contribution in [0.4, 0.5) is 5.69 Å². The molecule has 56 heavy (non-hydrogen) atoms. The van der Waals surface area contributed by atoms with Gasteiger partial charge in [0, 0.05) is 52.4 Å². The molecule has 6 rings (SSSR count). The molecule has 0 atom stereocenters. The van der Waals surface area contributed by atoms with Gasteiger partial charge in [-0.3, -0.25) is 9.59 Å². The first-order valence-corrected chi connectivity index (χ1v) is 19.0. The fourth-order valence-corrected chi connectivity index (χ4v) is 9.56. The number of carboxylic acids is 2. The lowest BCUT2D eigenvalue weighted by Crippen LogP contribution is -2.57. The van der Waals surface area contributed by atoms with Crippen molar-refractivity contribution in [3.63, 3.8) is 0 Å². The molecule has 296 valence electrons. The molecule has 5 N–H and O–H groups in total. The van der Waals surface area contributed by atoms with Gasteiger partial charge in [0.2, 0.25) is 0 Å². The van der Waals surface area contributed by atoms with Crippen molar-refractivity contribution in [2.45, 2.75) is 117 Å². The van der Waals surface area contributed by atoms with Crippen LogP contribution in [0.15, 0.2) is 48.5 Å². The molecule has 0 radical (unpaired) electrons. The molecule has 2 saturated heterocycles. The van der Waals surface area contributed by atoms with Crippen LogP contribution in [0.5, 0.6) is 0 Å². The van der Waals surface area contributed by atoms with Crippen LogP contribution < -0.4 is 15.8 Å². The number of benzene rings is 4. The predicted octanol–water partition coefficient (Wildman–Crippen LogP) is 7.44. The number of ketones is 2. The summed E-state index contributed by atoms with van der Waals surface area (Å²) < 4.78 is 0. The van der Waals surface area contributed by atoms with E-state index in [9.17, 15) is 39.8 Å². The molecule has 0 amide bonds. The molecule has 0 aliphatic carbocycles. The van der Waals surface area contributed by atoms with E-state index >= 15 is 0 Å². The van der Waals surface area contributed by atoms with Crippen molar-refractivity contribution < 1.29 is 39.8 Å². The van der Waals surface area contributed by atoms with Gasteiger partial charge in [0.05, 0.1) is 11.1 Å². The molecule has 0 unspecified atom stereocenters. The molecule has 11 heteroatoms. The quantitative estimate of drug-likeness (QED) is 0.0937. The van der Waals surface area contributed by atoms with E-state index in [0.717, 1.165) is 62.3 Å². The molecule has 0 spiro atoms. The average molecular weight is 764 g/mol. The SMILES string of the molecule is CNc1ccc2c(=C3CC(C)(C)N(O)C(C)(C)C3)c3cc(CC(=O)c4cc(C(=O)O)c(C(C)=O)cc4C(=O)O)ccc3c(=C3CC(C)(C)N(O)C(C)(C)C3)c2c1. The zero-order valence-electron chi connectivity index (χ0n) is 34.0. The van der Waals surface area contributed by atoms with E-state index in [2.05, 4.69) is 17.4 Å². The maximum absolute atomic E-state index is 14.1. The summed E-state index contributed by atoms with van der Waals surface area (Å²) >= 11 is 0. The number of nitrogens with one attached hydrogen (secondary N) is 1. The van der Waals surface area contributed by atoms with Crippen LogP contribution in [0.1, 0.15) is 135 Å². The third kappa shape index (κ3) is 7.02. The number of nitrogens with zero attached hydrogens (tertiary/aromatic N) is 2. The first-order chi connectivity index (χ1) is 25.9. The maximum atomic E-state index is 14.1. The van der Waals surface area contributed by atoms with Gasteiger partial charge in [0.1, 0.15) is 0 Å². The van der Waals surface area contributed by atoms with Crippen LogP contribution in [0.2, 0.25) is 0 Å². The van der Waals surface area contributed by atoms with Gasteiger partial charge in [-0.05, 0) is 150 Å². The van der Waals surface area contributed by atoms with E-state index in [1.807, 2.05) is 86.7 Å². The van der Waals surface area contributed by atoms with E-state index in [1.54, 1.807) is 0 Å². The smallest absolute Gasteiger partial charge is 0.336 e. The lowest BCUT2D eigenvalue weighted by atomic mass is 9.75. The topological polar surface area (TPSA) is 168 Å². The number of hydrogen-bond donors (Lipinski definition) is 5. The largest absolute Gasteiger partial charge is 0.478 e. The Morgan fingerprint density at radius 3 is 1.43 bits per heavy atom. The molecule has 0 saturated carbocycles. The van der Waals surface area contributed by atoms with E-state index in [4.69, 9.17) is 0 Å². The standard InChI is InChI=1S/C45H53N3O8/c1-24(49)31-18-36(41(53)54)32(19-35(31)40(51)52)37(50)16-25-11-13-29-33(15-25)38(26-20-42(2,3)47(55)43(4,5)21-26)30-14-12-28(46-10)17-34(30)39(29)27-22-44(6,7)48(56)45(8,9)23-27/h11-15,17-19,46,55-56H,16,20-23H2,1-10H3,(H,51,52)(H,53,54). The molecular weight excluding hydrogens is 711 g/mol. The number of anilines is 1. The van der Waals surface area contributed by atoms with Gasteiger partial charge >= 0.3 is 11.9 Å². The Hall–Kier alpha value is -4.94. The second-order valence-electron chi connectivity index (χ2n) is 18.1. The van der Waals surface area contributed by atoms with Crippen molar-refractivity contribution in [3.05, 3.63) is 86.8 Å². The van der Waals surface area contributed by atoms with Gasteiger partial charge in [-0.25, -0.2) is 9.59 Å². The van der Waals surface area contributed by atoms with Crippen LogP contribution in [0.25, 0.3) is 32.7 Å². The average Bonchev–Trinajstić information content (AvgIpc) is 3.10. The number of fused-ring (bicyclic) bond motifs is 2. The molecule has 0 aromatic heterocycles. The van der Waals surface area contributed by atoms with Crippen molar-refractivity contribution in [2.24, 2.45) is 0 Å². The maximum Gasteiger partial charge on any atom is 0.336 e. The number of piperidine rings is 2. The lowest BCUT2D eigenvalue weighted by Gasteiger charge is -2.50. The zero-order valence-corrected chi connectivity index (χ0v) is 34.0. The van der Waals surface area contributed by atoms with E-state index in [-0.39, 0.29) is 17.5 Å². The van der Waals surface area contributed by atoms with Crippen molar-refractivity contribution in [3.8, 4) is 0 Å². The van der Waals surface area contributed by atoms with Gasteiger partial charge in [-0.1, -0.05) is 35.4 Å². The Balaban J connectivity index is 1.72. The first-order valence-electron chi connectivity index (χ1n) is 19.0. The molecule has 4 aromatic carbocycles. The Morgan fingerprint density at radius 1 is 0.589 bits per heavy atom. The van der Waals surface area contributed by atoms with Crippen molar-refractivity contribution in [1.82, 2.24) is 10.1 Å². The summed E-state index contributed by atoms with van der Waals surface area (Å²) in [5.74, 6) is -4.11. The van der Waals surface area contributed by atoms with Crippen LogP contribution in [0.3, 0.4) is 0 Å². The minimum atomic E-state index is -1.45. The molecule has 0 bridgehead atoms. The molecular formula is C45H53N3O8. The zero-order chi connectivity index (χ0) is 41.4. The number of carbonyl (C=O) groups excluding carboxylic acids is 2. The van der Waals surface area contributed by atoms with Crippen LogP contribution in [0, 0.1) is 0 Å². The minimum absolute atomic E-state index is 0.229. The molecule has 2 aliphatic rings. The van der Waals surface area contributed by atoms with E-state index in [0.29, 0.717) is 31.2 Å². The first kappa shape index (κ1) is 40.7. The Kier molecular flexibility index (Phi) is 10.1. The summed E-state index contributed by atoms with van der Waals surface area (Å²) in [5.41, 5.74) is 0.0455. The summed E-state index contributed by atoms with van der Waals surface area (Å²) in [4.78, 5) is 50.9. The van der Waals surface area contributed by atoms with Crippen LogP contribution in [-0.2, 0) is 6.42 Å². The highest BCUT2D eigenvalue weighted by molar-refractivity contribution is 6.13. The van der Waals surface area contributed by atoms with Gasteiger partial charge < -0.3 is 25.9 Å². The Labute approximate surface area is 326 Å². The lowest BCUT2D eigenvalue weighted by molar-refractivity contribution is -0.228. The number of Topliss-reactive ketones (excluding diaryl/α,β-unsaturated/α-hetero) is 2. The van der Waals surface area contributed by atoms with Crippen molar-refractivity contribution >= 4 is 61.9 Å². The molecule has 2 fully saturated rings. The van der Waals surface area contributed by atoms with Gasteiger partial charge in [-0.2, -0.15) is 10.1 Å². The van der Waals surface area contributed by atoms with E-state index in [1.165, 1.54) is 15.7 Å². The van der Waals surface area contributed by atoms with Crippen molar-refractivity contribution in [2.75, 3.05) is 12.4 Å². The van der Waals surface area contributed by atoms with Crippen molar-refractivity contribution in [1.29, 1.82) is 0 Å². The second-order valence-corrected chi connectivity index (χ2v) is 18.1. The summed E-state index contributed by atoms with van der Waals surface area (Å²) in [7, 11) is 1.88. The summed E-state index contributed by atoms with van der Waals surface area (Å²) in [6, 6.07) is 14.2. The third-order valence-corrected chi connectivity index (χ3v) is 11.7. The highest BCUT2D eigenvalue weighted by Crippen LogP contribution is 2.42. The Morgan fingerprint density at radius 2 is 1.00 bits per heavy atom. The Bertz CT molecular complexity index is 2450. The summed E-state index contributed by atoms with van der Waals surface area (Å²) in [6.45, 7) is 17.3. The highest BCUT2D eigenvalue weighted by Gasteiger charge is 2.45. The molecule has 2 aliphatic heterocycles. The minimum Gasteiger partial charge on any atom is -0.478 e. The monoisotopic (exact) mass is 763 g/mol. The number of carbonyl (C=O) groups is 4. The van der Waals surface area contributed by atoms with Gasteiger partial charge in [0.25, 0.3) is 0 Å². The number of hydrogen-bond acceptors (Lipinski definition) is 9. The third-order valence-electron chi connectivity index (χ3n) is 11.7. The normalized spacial score (nSPS) is 19.3. The number of aromatic carboxylic acids is 2. The number of hydroxylamine groups is 4. The summed E-state index contributed by atoms with van der Waals surface area (Å²) in [6.07, 6.45) is 2.08. The van der Waals surface area contributed by atoms with Crippen LogP contribution >= 0.6 is 0 Å². The number of carboxylic acid groups (broad SMARTS) is 2. The molecule has 4 aromatic rings.